The number of hydrogen-bond donors (Lipinski definition) is 0. The Morgan fingerprint density at radius 3 is 2.64 bits per heavy atom. The number of aromatic nitrogens is 2. The van der Waals surface area contributed by atoms with Crippen molar-refractivity contribution in [3.8, 4) is 11.4 Å². The van der Waals surface area contributed by atoms with Gasteiger partial charge in [0.2, 0.25) is 11.7 Å². The number of rotatable bonds is 8. The largest absolute Gasteiger partial charge is 0.459 e. The van der Waals surface area contributed by atoms with Crippen LogP contribution in [0.1, 0.15) is 36.7 Å². The zero-order valence-electron chi connectivity index (χ0n) is 15.6. The van der Waals surface area contributed by atoms with Crippen molar-refractivity contribution >= 4 is 11.6 Å². The molecule has 1 amide bonds. The van der Waals surface area contributed by atoms with Crippen LogP contribution in [0.25, 0.3) is 11.4 Å². The molecule has 0 fully saturated rings. The van der Waals surface area contributed by atoms with E-state index >= 15 is 0 Å². The van der Waals surface area contributed by atoms with Gasteiger partial charge in [0.1, 0.15) is 0 Å². The van der Waals surface area contributed by atoms with Crippen LogP contribution < -0.4 is 0 Å². The topological polar surface area (TPSA) is 116 Å². The number of benzene rings is 1. The maximum Gasteiger partial charge on any atom is 0.289 e. The maximum atomic E-state index is 12.7. The van der Waals surface area contributed by atoms with E-state index in [0.29, 0.717) is 30.2 Å². The van der Waals surface area contributed by atoms with E-state index in [2.05, 4.69) is 10.1 Å². The first-order valence-electron chi connectivity index (χ1n) is 8.91. The van der Waals surface area contributed by atoms with E-state index in [1.54, 1.807) is 29.2 Å². The van der Waals surface area contributed by atoms with Crippen molar-refractivity contribution in [2.75, 3.05) is 6.54 Å². The Labute approximate surface area is 161 Å². The Bertz CT molecular complexity index is 934. The van der Waals surface area contributed by atoms with Gasteiger partial charge >= 0.3 is 0 Å². The fraction of sp³-hybridized carbons (Fsp3) is 0.316. The van der Waals surface area contributed by atoms with Gasteiger partial charge in [-0.1, -0.05) is 12.1 Å². The molecule has 9 nitrogen and oxygen atoms in total. The molecule has 0 aliphatic heterocycles. The van der Waals surface area contributed by atoms with Gasteiger partial charge in [-0.05, 0) is 37.6 Å². The van der Waals surface area contributed by atoms with Crippen molar-refractivity contribution in [2.45, 2.75) is 32.7 Å². The van der Waals surface area contributed by atoms with Gasteiger partial charge in [-0.3, -0.25) is 14.9 Å². The summed E-state index contributed by atoms with van der Waals surface area (Å²) in [6.45, 7) is 4.37. The zero-order chi connectivity index (χ0) is 20.1. The number of non-ortho nitro benzene ring substituents is 1. The number of nitro benzene ring substituents is 1. The van der Waals surface area contributed by atoms with Gasteiger partial charge in [0.15, 0.2) is 5.76 Å². The van der Waals surface area contributed by atoms with Crippen LogP contribution in [0.4, 0.5) is 5.69 Å². The van der Waals surface area contributed by atoms with Gasteiger partial charge < -0.3 is 13.8 Å². The predicted molar refractivity (Wildman–Crippen MR) is 99.6 cm³/mol. The lowest BCUT2D eigenvalue weighted by molar-refractivity contribution is -0.384. The Morgan fingerprint density at radius 1 is 1.29 bits per heavy atom. The van der Waals surface area contributed by atoms with Crippen LogP contribution in [0.5, 0.6) is 0 Å². The van der Waals surface area contributed by atoms with Crippen molar-refractivity contribution < 1.29 is 18.7 Å². The number of hydrogen-bond acceptors (Lipinski definition) is 7. The van der Waals surface area contributed by atoms with E-state index in [0.717, 1.165) is 6.42 Å². The van der Waals surface area contributed by atoms with E-state index in [1.165, 1.54) is 18.4 Å². The second-order valence-corrected chi connectivity index (χ2v) is 6.30. The van der Waals surface area contributed by atoms with Crippen molar-refractivity contribution in [3.05, 3.63) is 64.4 Å². The summed E-state index contributed by atoms with van der Waals surface area (Å²) in [6.07, 6.45) is 2.65. The minimum absolute atomic E-state index is 0.00639. The molecule has 2 heterocycles. The van der Waals surface area contributed by atoms with Crippen LogP contribution in [0.15, 0.2) is 51.6 Å². The molecule has 0 saturated carbocycles. The fourth-order valence-electron chi connectivity index (χ4n) is 2.71. The summed E-state index contributed by atoms with van der Waals surface area (Å²) >= 11 is 0. The highest BCUT2D eigenvalue weighted by Gasteiger charge is 2.23. The van der Waals surface area contributed by atoms with Crippen LogP contribution in [-0.2, 0) is 6.42 Å². The minimum atomic E-state index is -0.467. The summed E-state index contributed by atoms with van der Waals surface area (Å²) in [5, 5.41) is 14.7. The third-order valence-corrected chi connectivity index (χ3v) is 4.49. The molecule has 0 saturated heterocycles. The molecule has 146 valence electrons. The van der Waals surface area contributed by atoms with E-state index in [4.69, 9.17) is 8.94 Å². The first kappa shape index (κ1) is 19.3. The molecule has 1 aromatic carbocycles. The average molecular weight is 384 g/mol. The molecule has 0 radical (unpaired) electrons. The molecule has 1 unspecified atom stereocenters. The summed E-state index contributed by atoms with van der Waals surface area (Å²) in [7, 11) is 0. The van der Waals surface area contributed by atoms with E-state index < -0.39 is 4.92 Å². The van der Waals surface area contributed by atoms with E-state index in [-0.39, 0.29) is 23.4 Å². The number of nitrogens with zero attached hydrogens (tertiary/aromatic N) is 4. The molecule has 28 heavy (non-hydrogen) atoms. The highest BCUT2D eigenvalue weighted by atomic mass is 16.6. The molecule has 0 aliphatic carbocycles. The summed E-state index contributed by atoms with van der Waals surface area (Å²) in [4.78, 5) is 29.0. The number of nitro groups is 1. The highest BCUT2D eigenvalue weighted by molar-refractivity contribution is 5.91. The zero-order valence-corrected chi connectivity index (χ0v) is 15.6. The molecule has 2 aromatic heterocycles. The summed E-state index contributed by atoms with van der Waals surface area (Å²) in [5.41, 5.74) is 0.610. The molecule has 0 spiro atoms. The molecule has 1 atom stereocenters. The fourth-order valence-corrected chi connectivity index (χ4v) is 2.71. The Balaban J connectivity index is 1.69. The van der Waals surface area contributed by atoms with Gasteiger partial charge in [0, 0.05) is 36.7 Å². The molecule has 0 bridgehead atoms. The number of carbonyl (C=O) groups is 1. The minimum Gasteiger partial charge on any atom is -0.459 e. The Kier molecular flexibility index (Phi) is 5.83. The van der Waals surface area contributed by atoms with Gasteiger partial charge in [-0.25, -0.2) is 0 Å². The van der Waals surface area contributed by atoms with Gasteiger partial charge in [0.25, 0.3) is 11.6 Å². The first-order chi connectivity index (χ1) is 13.5. The highest BCUT2D eigenvalue weighted by Crippen LogP contribution is 2.20. The third-order valence-electron chi connectivity index (χ3n) is 4.49. The second kappa shape index (κ2) is 8.47. The second-order valence-electron chi connectivity index (χ2n) is 6.30. The van der Waals surface area contributed by atoms with Crippen LogP contribution >= 0.6 is 0 Å². The van der Waals surface area contributed by atoms with E-state index in [1.807, 2.05) is 13.8 Å². The molecule has 9 heteroatoms. The lowest BCUT2D eigenvalue weighted by Gasteiger charge is -2.27. The van der Waals surface area contributed by atoms with Gasteiger partial charge in [-0.15, -0.1) is 0 Å². The summed E-state index contributed by atoms with van der Waals surface area (Å²) in [6, 6.07) is 9.25. The monoisotopic (exact) mass is 384 g/mol. The van der Waals surface area contributed by atoms with E-state index in [9.17, 15) is 14.9 Å². The molecular formula is C19H20N4O5. The number of carbonyl (C=O) groups excluding carboxylic acids is 1. The molecule has 0 aliphatic rings. The van der Waals surface area contributed by atoms with Crippen LogP contribution in [0.2, 0.25) is 0 Å². The SMILES string of the molecule is CCC(C)N(CCc1nc(-c2ccc([N+](=O)[O-])cc2)no1)C(=O)c1ccco1. The van der Waals surface area contributed by atoms with Crippen LogP contribution in [-0.4, -0.2) is 38.5 Å². The van der Waals surface area contributed by atoms with Crippen LogP contribution in [0, 0.1) is 10.1 Å². The van der Waals surface area contributed by atoms with Crippen molar-refractivity contribution in [2.24, 2.45) is 0 Å². The molecular weight excluding hydrogens is 364 g/mol. The normalized spacial score (nSPS) is 11.9. The Morgan fingerprint density at radius 2 is 2.04 bits per heavy atom. The smallest absolute Gasteiger partial charge is 0.289 e. The Hall–Kier alpha value is -3.49. The first-order valence-corrected chi connectivity index (χ1v) is 8.91. The van der Waals surface area contributed by atoms with Gasteiger partial charge in [0.05, 0.1) is 11.2 Å². The summed E-state index contributed by atoms with van der Waals surface area (Å²) < 4.78 is 10.5. The standard InChI is InChI=1S/C19H20N4O5/c1-3-13(2)22(19(24)16-5-4-12-27-16)11-10-17-20-18(21-28-17)14-6-8-15(9-7-14)23(25)26/h4-9,12-13H,3,10-11H2,1-2H3. The summed E-state index contributed by atoms with van der Waals surface area (Å²) in [5.74, 6) is 0.832. The quantitative estimate of drug-likeness (QED) is 0.429. The number of amides is 1. The van der Waals surface area contributed by atoms with Gasteiger partial charge in [-0.2, -0.15) is 4.98 Å². The molecule has 3 rings (SSSR count). The van der Waals surface area contributed by atoms with Crippen LogP contribution in [0.3, 0.4) is 0 Å². The molecule has 3 aromatic rings. The van der Waals surface area contributed by atoms with Crippen molar-refractivity contribution in [1.82, 2.24) is 15.0 Å². The lowest BCUT2D eigenvalue weighted by atomic mass is 10.2. The molecule has 0 N–H and O–H groups in total. The van der Waals surface area contributed by atoms with Crippen molar-refractivity contribution in [1.29, 1.82) is 0 Å². The maximum absolute atomic E-state index is 12.7. The lowest BCUT2D eigenvalue weighted by Crippen LogP contribution is -2.39. The van der Waals surface area contributed by atoms with Crippen molar-refractivity contribution in [3.63, 3.8) is 0 Å². The third kappa shape index (κ3) is 4.25. The average Bonchev–Trinajstić information content (AvgIpc) is 3.40. The number of furan rings is 1. The predicted octanol–water partition coefficient (Wildman–Crippen LogP) is 3.72.